The Hall–Kier alpha value is -2.16. The maximum Gasteiger partial charge on any atom is 0.257 e. The molecule has 2 rings (SSSR count). The molecular weight excluding hydrogens is 284 g/mol. The normalized spacial score (nSPS) is 9.86. The first-order valence-corrected chi connectivity index (χ1v) is 7.36. The van der Waals surface area contributed by atoms with Crippen molar-refractivity contribution in [3.63, 3.8) is 0 Å². The van der Waals surface area contributed by atoms with Crippen LogP contribution in [0.25, 0.3) is 0 Å². The summed E-state index contributed by atoms with van der Waals surface area (Å²) in [6.45, 7) is 3.86. The van der Waals surface area contributed by atoms with Gasteiger partial charge < -0.3 is 5.11 Å². The summed E-state index contributed by atoms with van der Waals surface area (Å²) in [5, 5.41) is 12.1. The lowest BCUT2D eigenvalue weighted by Gasteiger charge is -2.06. The van der Waals surface area contributed by atoms with E-state index in [1.807, 2.05) is 26.0 Å². The average Bonchev–Trinajstić information content (AvgIpc) is 2.86. The van der Waals surface area contributed by atoms with Gasteiger partial charge in [0.1, 0.15) is 0 Å². The van der Waals surface area contributed by atoms with E-state index in [4.69, 9.17) is 5.11 Å². The van der Waals surface area contributed by atoms with Crippen molar-refractivity contribution in [2.45, 2.75) is 20.3 Å². The quantitative estimate of drug-likeness (QED) is 0.857. The van der Waals surface area contributed by atoms with Crippen LogP contribution in [0.3, 0.4) is 0 Å². The Labute approximate surface area is 127 Å². The van der Waals surface area contributed by atoms with Gasteiger partial charge in [0.2, 0.25) is 0 Å². The number of aliphatic hydroxyl groups is 1. The van der Waals surface area contributed by atoms with Gasteiger partial charge in [0.25, 0.3) is 5.91 Å². The molecule has 0 fully saturated rings. The van der Waals surface area contributed by atoms with Crippen molar-refractivity contribution in [1.29, 1.82) is 0 Å². The minimum absolute atomic E-state index is 0.0373. The second-order valence-corrected chi connectivity index (χ2v) is 5.77. The van der Waals surface area contributed by atoms with Gasteiger partial charge in [-0.2, -0.15) is 0 Å². The molecule has 0 aliphatic carbocycles. The summed E-state index contributed by atoms with van der Waals surface area (Å²) in [5.74, 6) is 5.59. The van der Waals surface area contributed by atoms with Crippen LogP contribution in [0.2, 0.25) is 0 Å². The van der Waals surface area contributed by atoms with E-state index < -0.39 is 0 Å². The number of benzene rings is 1. The second kappa shape index (κ2) is 7.02. The van der Waals surface area contributed by atoms with Crippen molar-refractivity contribution in [1.82, 2.24) is 4.98 Å². The number of amides is 1. The third-order valence-corrected chi connectivity index (χ3v) is 3.62. The Morgan fingerprint density at radius 2 is 2.24 bits per heavy atom. The zero-order valence-corrected chi connectivity index (χ0v) is 12.8. The molecule has 2 aromatic rings. The zero-order chi connectivity index (χ0) is 15.2. The first-order chi connectivity index (χ1) is 10.1. The lowest BCUT2D eigenvalue weighted by Crippen LogP contribution is -2.13. The van der Waals surface area contributed by atoms with Crippen molar-refractivity contribution in [2.75, 3.05) is 11.9 Å². The van der Waals surface area contributed by atoms with E-state index in [0.717, 1.165) is 16.0 Å². The smallest absolute Gasteiger partial charge is 0.257 e. The molecule has 2 N–H and O–H groups in total. The molecular formula is C16H16N2O2S. The van der Waals surface area contributed by atoms with E-state index in [-0.39, 0.29) is 12.5 Å². The zero-order valence-electron chi connectivity index (χ0n) is 11.9. The number of carbonyl (C=O) groups is 1. The van der Waals surface area contributed by atoms with Crippen molar-refractivity contribution in [3.05, 3.63) is 46.0 Å². The number of aliphatic hydroxyl groups excluding tert-OH is 1. The molecule has 5 heteroatoms. The Balaban J connectivity index is 2.20. The standard InChI is InChI=1S/C16H16N2O2S/c1-11-6-7-13(5-3-4-8-19)9-14(11)15(20)18-16-17-10-12(2)21-16/h6-7,9-10,19H,4,8H2,1-2H3,(H,17,18,20). The minimum Gasteiger partial charge on any atom is -0.395 e. The molecule has 21 heavy (non-hydrogen) atoms. The van der Waals surface area contributed by atoms with Gasteiger partial charge in [-0.15, -0.1) is 11.3 Å². The summed E-state index contributed by atoms with van der Waals surface area (Å²) in [4.78, 5) is 17.5. The molecule has 1 amide bonds. The highest BCUT2D eigenvalue weighted by Crippen LogP contribution is 2.19. The van der Waals surface area contributed by atoms with E-state index in [2.05, 4.69) is 22.1 Å². The summed E-state index contributed by atoms with van der Waals surface area (Å²) < 4.78 is 0. The van der Waals surface area contributed by atoms with Gasteiger partial charge in [-0.1, -0.05) is 17.9 Å². The number of anilines is 1. The number of aryl methyl sites for hydroxylation is 2. The lowest BCUT2D eigenvalue weighted by atomic mass is 10.0. The molecule has 0 spiro atoms. The van der Waals surface area contributed by atoms with Gasteiger partial charge in [-0.3, -0.25) is 10.1 Å². The number of hydrogen-bond donors (Lipinski definition) is 2. The molecule has 1 heterocycles. The van der Waals surface area contributed by atoms with Gasteiger partial charge in [0.05, 0.1) is 6.61 Å². The van der Waals surface area contributed by atoms with Gasteiger partial charge in [0, 0.05) is 28.6 Å². The van der Waals surface area contributed by atoms with Crippen LogP contribution in [0.1, 0.15) is 32.8 Å². The predicted octanol–water partition coefficient (Wildman–Crippen LogP) is 2.75. The number of nitrogens with zero attached hydrogens (tertiary/aromatic N) is 1. The number of thiazole rings is 1. The Morgan fingerprint density at radius 1 is 1.43 bits per heavy atom. The van der Waals surface area contributed by atoms with Gasteiger partial charge in [-0.25, -0.2) is 4.98 Å². The van der Waals surface area contributed by atoms with Crippen molar-refractivity contribution in [2.24, 2.45) is 0 Å². The summed E-state index contributed by atoms with van der Waals surface area (Å²) in [6.07, 6.45) is 2.15. The van der Waals surface area contributed by atoms with Crippen LogP contribution in [0.5, 0.6) is 0 Å². The average molecular weight is 300 g/mol. The van der Waals surface area contributed by atoms with E-state index in [9.17, 15) is 4.79 Å². The summed E-state index contributed by atoms with van der Waals surface area (Å²) in [6, 6.07) is 5.49. The monoisotopic (exact) mass is 300 g/mol. The molecule has 108 valence electrons. The van der Waals surface area contributed by atoms with Crippen LogP contribution < -0.4 is 5.32 Å². The second-order valence-electron chi connectivity index (χ2n) is 4.54. The van der Waals surface area contributed by atoms with Crippen LogP contribution in [-0.2, 0) is 0 Å². The highest BCUT2D eigenvalue weighted by molar-refractivity contribution is 7.15. The molecule has 1 aromatic carbocycles. The number of carbonyl (C=O) groups excluding carboxylic acids is 1. The predicted molar refractivity (Wildman–Crippen MR) is 84.6 cm³/mol. The van der Waals surface area contributed by atoms with E-state index >= 15 is 0 Å². The molecule has 0 aliphatic heterocycles. The van der Waals surface area contributed by atoms with Crippen LogP contribution in [0.15, 0.2) is 24.4 Å². The van der Waals surface area contributed by atoms with Crippen LogP contribution in [0.4, 0.5) is 5.13 Å². The van der Waals surface area contributed by atoms with Crippen LogP contribution in [-0.4, -0.2) is 22.6 Å². The lowest BCUT2D eigenvalue weighted by molar-refractivity contribution is 0.102. The number of hydrogen-bond acceptors (Lipinski definition) is 4. The Bertz CT molecular complexity index is 711. The molecule has 0 saturated heterocycles. The summed E-state index contributed by atoms with van der Waals surface area (Å²) in [7, 11) is 0. The highest BCUT2D eigenvalue weighted by Gasteiger charge is 2.11. The van der Waals surface area contributed by atoms with E-state index in [1.54, 1.807) is 12.3 Å². The fourth-order valence-electron chi connectivity index (χ4n) is 1.74. The van der Waals surface area contributed by atoms with Gasteiger partial charge in [0.15, 0.2) is 5.13 Å². The fraction of sp³-hybridized carbons (Fsp3) is 0.250. The number of nitrogens with one attached hydrogen (secondary N) is 1. The number of rotatable bonds is 3. The van der Waals surface area contributed by atoms with Gasteiger partial charge >= 0.3 is 0 Å². The van der Waals surface area contributed by atoms with E-state index in [0.29, 0.717) is 17.1 Å². The number of aromatic nitrogens is 1. The van der Waals surface area contributed by atoms with Crippen LogP contribution >= 0.6 is 11.3 Å². The molecule has 4 nitrogen and oxygen atoms in total. The molecule has 0 atom stereocenters. The molecule has 0 radical (unpaired) electrons. The molecule has 0 bridgehead atoms. The third kappa shape index (κ3) is 4.15. The van der Waals surface area contributed by atoms with Crippen LogP contribution in [0, 0.1) is 25.7 Å². The fourth-order valence-corrected chi connectivity index (χ4v) is 2.40. The molecule has 1 aromatic heterocycles. The van der Waals surface area contributed by atoms with Gasteiger partial charge in [-0.05, 0) is 31.5 Å². The first-order valence-electron chi connectivity index (χ1n) is 6.54. The highest BCUT2D eigenvalue weighted by atomic mass is 32.1. The largest absolute Gasteiger partial charge is 0.395 e. The Kier molecular flexibility index (Phi) is 5.09. The molecule has 0 saturated carbocycles. The topological polar surface area (TPSA) is 62.2 Å². The third-order valence-electron chi connectivity index (χ3n) is 2.79. The molecule has 0 unspecified atom stereocenters. The van der Waals surface area contributed by atoms with Crippen molar-refractivity contribution in [3.8, 4) is 11.8 Å². The maximum absolute atomic E-state index is 12.3. The minimum atomic E-state index is -0.187. The Morgan fingerprint density at radius 3 is 2.90 bits per heavy atom. The summed E-state index contributed by atoms with van der Waals surface area (Å²) >= 11 is 1.44. The van der Waals surface area contributed by atoms with Crippen molar-refractivity contribution >= 4 is 22.4 Å². The van der Waals surface area contributed by atoms with Crippen molar-refractivity contribution < 1.29 is 9.90 Å². The summed E-state index contributed by atoms with van der Waals surface area (Å²) in [5.41, 5.74) is 2.22. The van der Waals surface area contributed by atoms with E-state index in [1.165, 1.54) is 11.3 Å². The SMILES string of the molecule is Cc1cnc(NC(=O)c2cc(C#CCCO)ccc2C)s1. The maximum atomic E-state index is 12.3. The molecule has 0 aliphatic rings. The first kappa shape index (κ1) is 15.2.